The number of anilines is 3. The summed E-state index contributed by atoms with van der Waals surface area (Å²) >= 11 is 0. The van der Waals surface area contributed by atoms with Gasteiger partial charge in [0.15, 0.2) is 0 Å². The van der Waals surface area contributed by atoms with Crippen molar-refractivity contribution >= 4 is 38.9 Å². The maximum Gasteiger partial charge on any atom is 0.0923 e. The molecule has 0 N–H and O–H groups in total. The topological polar surface area (TPSA) is 14.7 Å². The standard InChI is InChI=1S/C36H32N4/c1-3-12-32-30(10-1)31-11-2-4-13-33(31)39(32)28-14-15-34-35(25-28)37-22-5-6-23-38(37)40(34)29-9-7-8-27(24-29)36-19-16-26(17-20-36)18-21-36/h1-15,22-26H,16-21H2. The zero-order chi connectivity index (χ0) is 26.3. The van der Waals surface area contributed by atoms with Gasteiger partial charge in [-0.2, -0.15) is 5.12 Å². The number of hydrogen-bond donors (Lipinski definition) is 0. The molecule has 0 unspecified atom stereocenters. The number of fused-ring (bicyclic) bond motifs is 9. The van der Waals surface area contributed by atoms with Gasteiger partial charge in [0.25, 0.3) is 0 Å². The SMILES string of the molecule is C1=CN2c3cc(-n4c5ccccc5c5ccccc54)ccc3N(c3cccc(C45CCC(CC4)CC5)c3)N2C=C1. The second-order valence-electron chi connectivity index (χ2n) is 12.0. The summed E-state index contributed by atoms with van der Waals surface area (Å²) in [5, 5.41) is 9.46. The third kappa shape index (κ3) is 3.08. The second-order valence-corrected chi connectivity index (χ2v) is 12.0. The molecule has 0 atom stereocenters. The summed E-state index contributed by atoms with van der Waals surface area (Å²) in [6, 6.07) is 33.8. The van der Waals surface area contributed by atoms with Crippen molar-refractivity contribution in [1.82, 2.24) is 9.69 Å². The molecule has 1 aromatic heterocycles. The molecule has 0 saturated heterocycles. The number of aromatic nitrogens is 1. The van der Waals surface area contributed by atoms with Crippen LogP contribution in [0.4, 0.5) is 17.1 Å². The first-order chi connectivity index (χ1) is 19.8. The second kappa shape index (κ2) is 8.28. The van der Waals surface area contributed by atoms with Crippen LogP contribution < -0.4 is 10.0 Å². The van der Waals surface area contributed by atoms with Gasteiger partial charge in [-0.05, 0) is 110 Å². The van der Waals surface area contributed by atoms with Crippen LogP contribution in [-0.4, -0.2) is 9.69 Å². The van der Waals surface area contributed by atoms with E-state index in [1.807, 2.05) is 0 Å². The molecule has 40 heavy (non-hydrogen) atoms. The van der Waals surface area contributed by atoms with Crippen molar-refractivity contribution in [1.29, 1.82) is 0 Å². The molecular weight excluding hydrogens is 488 g/mol. The van der Waals surface area contributed by atoms with Crippen LogP contribution in [0.3, 0.4) is 0 Å². The van der Waals surface area contributed by atoms with E-state index in [1.165, 1.54) is 88.6 Å². The van der Waals surface area contributed by atoms with Crippen LogP contribution in [0.5, 0.6) is 0 Å². The molecule has 3 aliphatic carbocycles. The van der Waals surface area contributed by atoms with Gasteiger partial charge >= 0.3 is 0 Å². The average Bonchev–Trinajstić information content (AvgIpc) is 3.55. The molecule has 5 aliphatic rings. The van der Waals surface area contributed by atoms with Crippen molar-refractivity contribution in [2.24, 2.45) is 5.92 Å². The molecule has 196 valence electrons. The van der Waals surface area contributed by atoms with Gasteiger partial charge in [0.1, 0.15) is 0 Å². The van der Waals surface area contributed by atoms with E-state index in [1.54, 1.807) is 0 Å². The first-order valence-electron chi connectivity index (χ1n) is 14.8. The Kier molecular flexibility index (Phi) is 4.63. The summed E-state index contributed by atoms with van der Waals surface area (Å²) < 4.78 is 2.40. The lowest BCUT2D eigenvalue weighted by atomic mass is 9.58. The van der Waals surface area contributed by atoms with Crippen molar-refractivity contribution in [3.05, 3.63) is 121 Å². The van der Waals surface area contributed by atoms with Gasteiger partial charge in [-0.25, -0.2) is 10.0 Å². The fraction of sp³-hybridized carbons (Fsp3) is 0.222. The van der Waals surface area contributed by atoms with Gasteiger partial charge in [-0.3, -0.25) is 0 Å². The number of nitrogens with zero attached hydrogens (tertiary/aromatic N) is 4. The molecule has 0 radical (unpaired) electrons. The highest BCUT2D eigenvalue weighted by Gasteiger charge is 2.42. The van der Waals surface area contributed by atoms with E-state index in [-0.39, 0.29) is 0 Å². The lowest BCUT2D eigenvalue weighted by Gasteiger charge is -2.47. The molecule has 2 aliphatic heterocycles. The van der Waals surface area contributed by atoms with Crippen molar-refractivity contribution in [2.75, 3.05) is 10.0 Å². The van der Waals surface area contributed by atoms with Crippen molar-refractivity contribution in [2.45, 2.75) is 43.9 Å². The lowest BCUT2D eigenvalue weighted by Crippen LogP contribution is -2.41. The first kappa shape index (κ1) is 22.4. The van der Waals surface area contributed by atoms with Gasteiger partial charge in [0.05, 0.1) is 28.1 Å². The predicted molar refractivity (Wildman–Crippen MR) is 165 cm³/mol. The van der Waals surface area contributed by atoms with Crippen LogP contribution in [0.25, 0.3) is 27.5 Å². The monoisotopic (exact) mass is 520 g/mol. The molecule has 10 rings (SSSR count). The van der Waals surface area contributed by atoms with Gasteiger partial charge in [-0.15, -0.1) is 0 Å². The first-order valence-corrected chi connectivity index (χ1v) is 14.8. The number of rotatable bonds is 3. The third-order valence-corrected chi connectivity index (χ3v) is 10.1. The summed E-state index contributed by atoms with van der Waals surface area (Å²) in [6.45, 7) is 0. The minimum Gasteiger partial charge on any atom is -0.309 e. The summed E-state index contributed by atoms with van der Waals surface area (Å²) in [5.74, 6) is 0.970. The van der Waals surface area contributed by atoms with Crippen LogP contribution in [-0.2, 0) is 5.41 Å². The highest BCUT2D eigenvalue weighted by Crippen LogP contribution is 2.53. The van der Waals surface area contributed by atoms with E-state index >= 15 is 0 Å². The fourth-order valence-electron chi connectivity index (χ4n) is 7.98. The van der Waals surface area contributed by atoms with Crippen LogP contribution in [0, 0.1) is 5.92 Å². The maximum atomic E-state index is 2.48. The normalized spacial score (nSPS) is 22.9. The van der Waals surface area contributed by atoms with E-state index in [4.69, 9.17) is 0 Å². The zero-order valence-corrected chi connectivity index (χ0v) is 22.6. The van der Waals surface area contributed by atoms with E-state index in [0.717, 1.165) is 5.92 Å². The molecule has 4 nitrogen and oxygen atoms in total. The average molecular weight is 521 g/mol. The van der Waals surface area contributed by atoms with Crippen LogP contribution in [0.2, 0.25) is 0 Å². The van der Waals surface area contributed by atoms with E-state index in [9.17, 15) is 0 Å². The Labute approximate surface area is 235 Å². The van der Waals surface area contributed by atoms with Gasteiger partial charge < -0.3 is 4.57 Å². The van der Waals surface area contributed by atoms with E-state index in [0.29, 0.717) is 5.41 Å². The third-order valence-electron chi connectivity index (χ3n) is 10.1. The Morgan fingerprint density at radius 1 is 0.600 bits per heavy atom. The van der Waals surface area contributed by atoms with Crippen LogP contribution in [0.1, 0.15) is 44.1 Å². The molecule has 4 heteroatoms. The number of para-hydroxylation sites is 2. The molecule has 4 aromatic carbocycles. The van der Waals surface area contributed by atoms with Gasteiger partial charge in [0.2, 0.25) is 0 Å². The van der Waals surface area contributed by atoms with Crippen molar-refractivity contribution < 1.29 is 0 Å². The largest absolute Gasteiger partial charge is 0.309 e. The highest BCUT2D eigenvalue weighted by molar-refractivity contribution is 6.09. The molecule has 5 aromatic rings. The molecule has 0 amide bonds. The number of allylic oxidation sites excluding steroid dienone is 2. The number of hydrogen-bond acceptors (Lipinski definition) is 3. The number of benzene rings is 4. The molecule has 3 heterocycles. The summed E-state index contributed by atoms with van der Waals surface area (Å²) in [4.78, 5) is 0. The Balaban J connectivity index is 1.19. The quantitative estimate of drug-likeness (QED) is 0.236. The van der Waals surface area contributed by atoms with Crippen molar-refractivity contribution in [3.63, 3.8) is 0 Å². The number of hydrazine groups is 2. The molecule has 0 spiro atoms. The fourth-order valence-corrected chi connectivity index (χ4v) is 7.98. The maximum absolute atomic E-state index is 2.48. The summed E-state index contributed by atoms with van der Waals surface area (Å²) in [6.07, 6.45) is 16.8. The molecule has 3 fully saturated rings. The van der Waals surface area contributed by atoms with E-state index in [2.05, 4.69) is 135 Å². The lowest BCUT2D eigenvalue weighted by molar-refractivity contribution is 0.136. The Hall–Kier alpha value is -4.44. The molecular formula is C36H32N4. The predicted octanol–water partition coefficient (Wildman–Crippen LogP) is 9.14. The minimum atomic E-state index is 0.366. The van der Waals surface area contributed by atoms with Crippen LogP contribution >= 0.6 is 0 Å². The summed E-state index contributed by atoms with van der Waals surface area (Å²) in [7, 11) is 0. The highest BCUT2D eigenvalue weighted by atomic mass is 15.9. The van der Waals surface area contributed by atoms with Crippen LogP contribution in [0.15, 0.2) is 116 Å². The van der Waals surface area contributed by atoms with E-state index < -0.39 is 0 Å². The molecule has 2 bridgehead atoms. The Morgan fingerprint density at radius 2 is 1.30 bits per heavy atom. The zero-order valence-electron chi connectivity index (χ0n) is 22.6. The minimum absolute atomic E-state index is 0.366. The summed E-state index contributed by atoms with van der Waals surface area (Å²) in [5.41, 5.74) is 9.15. The Bertz CT molecular complexity index is 1780. The Morgan fingerprint density at radius 3 is 2.05 bits per heavy atom. The van der Waals surface area contributed by atoms with Crippen molar-refractivity contribution in [3.8, 4) is 5.69 Å². The van der Waals surface area contributed by atoms with Gasteiger partial charge in [0, 0.05) is 28.9 Å². The van der Waals surface area contributed by atoms with Gasteiger partial charge in [-0.1, -0.05) is 48.5 Å². The smallest absolute Gasteiger partial charge is 0.0923 e. The molecule has 3 saturated carbocycles.